The van der Waals surface area contributed by atoms with E-state index < -0.39 is 10.0 Å². The molecule has 5 nitrogen and oxygen atoms in total. The molecule has 1 amide bonds. The van der Waals surface area contributed by atoms with Gasteiger partial charge in [0.2, 0.25) is 10.0 Å². The number of carbonyl (C=O) groups is 1. The molecule has 1 aromatic heterocycles. The van der Waals surface area contributed by atoms with Gasteiger partial charge in [0.15, 0.2) is 0 Å². The van der Waals surface area contributed by atoms with Gasteiger partial charge in [0.25, 0.3) is 5.91 Å². The van der Waals surface area contributed by atoms with E-state index in [-0.39, 0.29) is 16.8 Å². The van der Waals surface area contributed by atoms with Crippen LogP contribution in [-0.4, -0.2) is 44.7 Å². The van der Waals surface area contributed by atoms with Gasteiger partial charge in [-0.15, -0.1) is 11.3 Å². The van der Waals surface area contributed by atoms with Gasteiger partial charge in [-0.25, -0.2) is 12.7 Å². The highest BCUT2D eigenvalue weighted by Gasteiger charge is 2.21. The van der Waals surface area contributed by atoms with E-state index in [4.69, 9.17) is 0 Å². The molecule has 1 heterocycles. The topological polar surface area (TPSA) is 57.7 Å². The molecule has 7 heteroatoms. The van der Waals surface area contributed by atoms with Crippen LogP contribution in [0, 0.1) is 0 Å². The van der Waals surface area contributed by atoms with Crippen LogP contribution < -0.4 is 0 Å². The maximum atomic E-state index is 12.5. The van der Waals surface area contributed by atoms with Crippen LogP contribution in [0.25, 0.3) is 0 Å². The van der Waals surface area contributed by atoms with Crippen LogP contribution in [0.5, 0.6) is 0 Å². The largest absolute Gasteiger partial charge is 0.334 e. The van der Waals surface area contributed by atoms with E-state index >= 15 is 0 Å². The molecule has 124 valence electrons. The minimum absolute atomic E-state index is 0.0346. The first-order valence-electron chi connectivity index (χ1n) is 7.08. The highest BCUT2D eigenvalue weighted by molar-refractivity contribution is 7.89. The Balaban J connectivity index is 2.21. The van der Waals surface area contributed by atoms with E-state index in [9.17, 15) is 13.2 Å². The van der Waals surface area contributed by atoms with E-state index in [0.29, 0.717) is 5.56 Å². The molecule has 0 aliphatic rings. The zero-order valence-electron chi connectivity index (χ0n) is 13.6. The van der Waals surface area contributed by atoms with Crippen LogP contribution in [0.3, 0.4) is 0 Å². The minimum Gasteiger partial charge on any atom is -0.334 e. The highest BCUT2D eigenvalue weighted by atomic mass is 32.2. The molecule has 23 heavy (non-hydrogen) atoms. The predicted octanol–water partition coefficient (Wildman–Crippen LogP) is 2.83. The van der Waals surface area contributed by atoms with Crippen LogP contribution >= 0.6 is 11.3 Å². The van der Waals surface area contributed by atoms with Crippen molar-refractivity contribution in [2.45, 2.75) is 17.9 Å². The summed E-state index contributed by atoms with van der Waals surface area (Å²) in [6.07, 6.45) is 0. The fourth-order valence-corrected chi connectivity index (χ4v) is 3.81. The Kier molecular flexibility index (Phi) is 5.23. The molecule has 1 aromatic carbocycles. The quantitative estimate of drug-likeness (QED) is 0.831. The van der Waals surface area contributed by atoms with Crippen molar-refractivity contribution in [3.63, 3.8) is 0 Å². The molecular formula is C16H20N2O3S2. The summed E-state index contributed by atoms with van der Waals surface area (Å²) in [6.45, 7) is 1.97. The Bertz CT molecular complexity index is 766. The number of thiophene rings is 1. The molecule has 0 N–H and O–H groups in total. The van der Waals surface area contributed by atoms with E-state index in [2.05, 4.69) is 0 Å². The lowest BCUT2D eigenvalue weighted by Crippen LogP contribution is -2.29. The number of carbonyl (C=O) groups excluding carboxylic acids is 1. The van der Waals surface area contributed by atoms with E-state index in [0.717, 1.165) is 9.18 Å². The molecule has 0 saturated carbocycles. The molecular weight excluding hydrogens is 332 g/mol. The van der Waals surface area contributed by atoms with E-state index in [1.54, 1.807) is 35.4 Å². The van der Waals surface area contributed by atoms with Gasteiger partial charge in [-0.3, -0.25) is 4.79 Å². The number of amides is 1. The summed E-state index contributed by atoms with van der Waals surface area (Å²) in [5, 5.41) is 1.98. The summed E-state index contributed by atoms with van der Waals surface area (Å²) < 4.78 is 25.2. The molecule has 0 fully saturated rings. The van der Waals surface area contributed by atoms with Crippen molar-refractivity contribution in [3.05, 3.63) is 52.2 Å². The molecule has 0 aliphatic heterocycles. The lowest BCUT2D eigenvalue weighted by molar-refractivity contribution is 0.0745. The third-order valence-corrected chi connectivity index (χ3v) is 6.61. The monoisotopic (exact) mass is 352 g/mol. The SMILES string of the molecule is CC(c1cccs1)N(C)C(=O)c1ccc(S(=O)(=O)N(C)C)cc1. The van der Waals surface area contributed by atoms with Crippen molar-refractivity contribution in [1.29, 1.82) is 0 Å². The molecule has 1 unspecified atom stereocenters. The van der Waals surface area contributed by atoms with Gasteiger partial charge in [0.05, 0.1) is 10.9 Å². The smallest absolute Gasteiger partial charge is 0.254 e. The second-order valence-electron chi connectivity index (χ2n) is 5.42. The Morgan fingerprint density at radius 2 is 1.70 bits per heavy atom. The van der Waals surface area contributed by atoms with Crippen molar-refractivity contribution in [3.8, 4) is 0 Å². The Morgan fingerprint density at radius 1 is 1.09 bits per heavy atom. The summed E-state index contributed by atoms with van der Waals surface area (Å²) >= 11 is 1.60. The van der Waals surface area contributed by atoms with Gasteiger partial charge >= 0.3 is 0 Å². The first kappa shape index (κ1) is 17.7. The number of sulfonamides is 1. The molecule has 2 aromatic rings. The maximum Gasteiger partial charge on any atom is 0.254 e. The van der Waals surface area contributed by atoms with E-state index in [1.165, 1.54) is 26.2 Å². The van der Waals surface area contributed by atoms with E-state index in [1.807, 2.05) is 24.4 Å². The first-order chi connectivity index (χ1) is 10.7. The Morgan fingerprint density at radius 3 is 2.17 bits per heavy atom. The first-order valence-corrected chi connectivity index (χ1v) is 9.40. The van der Waals surface area contributed by atoms with Gasteiger partial charge in [-0.1, -0.05) is 6.07 Å². The van der Waals surface area contributed by atoms with Crippen LogP contribution in [0.4, 0.5) is 0 Å². The Hall–Kier alpha value is -1.70. The average Bonchev–Trinajstić information content (AvgIpc) is 3.07. The van der Waals surface area contributed by atoms with Crippen LogP contribution in [0.15, 0.2) is 46.7 Å². The lowest BCUT2D eigenvalue weighted by atomic mass is 10.1. The van der Waals surface area contributed by atoms with Crippen molar-refractivity contribution in [1.82, 2.24) is 9.21 Å². The molecule has 0 radical (unpaired) electrons. The molecule has 0 aliphatic carbocycles. The summed E-state index contributed by atoms with van der Waals surface area (Å²) in [5.41, 5.74) is 0.466. The van der Waals surface area contributed by atoms with Crippen LogP contribution in [0.1, 0.15) is 28.2 Å². The number of benzene rings is 1. The molecule has 0 bridgehead atoms. The fraction of sp³-hybridized carbons (Fsp3) is 0.312. The summed E-state index contributed by atoms with van der Waals surface area (Å²) in [5.74, 6) is -0.139. The van der Waals surface area contributed by atoms with Crippen molar-refractivity contribution in [2.75, 3.05) is 21.1 Å². The second kappa shape index (κ2) is 6.82. The second-order valence-corrected chi connectivity index (χ2v) is 8.55. The summed E-state index contributed by atoms with van der Waals surface area (Å²) in [7, 11) is 1.22. The van der Waals surface area contributed by atoms with Crippen molar-refractivity contribution < 1.29 is 13.2 Å². The van der Waals surface area contributed by atoms with Gasteiger partial charge < -0.3 is 4.90 Å². The van der Waals surface area contributed by atoms with Crippen molar-refractivity contribution in [2.24, 2.45) is 0 Å². The lowest BCUT2D eigenvalue weighted by Gasteiger charge is -2.24. The molecule has 0 spiro atoms. The highest BCUT2D eigenvalue weighted by Crippen LogP contribution is 2.25. The van der Waals surface area contributed by atoms with Crippen LogP contribution in [0.2, 0.25) is 0 Å². The van der Waals surface area contributed by atoms with Gasteiger partial charge in [-0.05, 0) is 42.6 Å². The molecule has 2 rings (SSSR count). The predicted molar refractivity (Wildman–Crippen MR) is 92.1 cm³/mol. The van der Waals surface area contributed by atoms with Gasteiger partial charge in [0.1, 0.15) is 0 Å². The number of rotatable bonds is 5. The summed E-state index contributed by atoms with van der Waals surface area (Å²) in [4.78, 5) is 15.5. The zero-order valence-corrected chi connectivity index (χ0v) is 15.2. The molecule has 0 saturated heterocycles. The average molecular weight is 352 g/mol. The minimum atomic E-state index is -3.48. The summed E-state index contributed by atoms with van der Waals surface area (Å²) in [6, 6.07) is 9.94. The van der Waals surface area contributed by atoms with Crippen molar-refractivity contribution >= 4 is 27.3 Å². The fourth-order valence-electron chi connectivity index (χ4n) is 2.08. The number of hydrogen-bond acceptors (Lipinski definition) is 4. The van der Waals surface area contributed by atoms with Gasteiger partial charge in [-0.2, -0.15) is 0 Å². The third kappa shape index (κ3) is 3.63. The third-order valence-electron chi connectivity index (χ3n) is 3.74. The van der Waals surface area contributed by atoms with Crippen LogP contribution in [-0.2, 0) is 10.0 Å². The Labute approximate surface area is 141 Å². The normalized spacial score (nSPS) is 13.1. The standard InChI is InChI=1S/C16H20N2O3S2/c1-12(15-6-5-11-22-15)18(4)16(19)13-7-9-14(10-8-13)23(20,21)17(2)3/h5-12H,1-4H3. The maximum absolute atomic E-state index is 12.5. The zero-order chi connectivity index (χ0) is 17.2. The number of hydrogen-bond donors (Lipinski definition) is 0. The molecule has 1 atom stereocenters. The number of nitrogens with zero attached hydrogens (tertiary/aromatic N) is 2. The van der Waals surface area contributed by atoms with Gasteiger partial charge in [0, 0.05) is 31.6 Å².